The van der Waals surface area contributed by atoms with E-state index >= 15 is 0 Å². The number of amides is 6. The largest absolute Gasteiger partial charge is 0.872 e. The summed E-state index contributed by atoms with van der Waals surface area (Å²) in [6.45, 7) is 1.81. The van der Waals surface area contributed by atoms with E-state index in [1.165, 1.54) is 24.3 Å². The van der Waals surface area contributed by atoms with E-state index in [1.54, 1.807) is 46.0 Å². The van der Waals surface area contributed by atoms with Gasteiger partial charge in [-0.3, -0.25) is 49.6 Å². The number of benzene rings is 7. The Morgan fingerprint density at radius 3 is 1.08 bits per heavy atom. The second-order valence-electron chi connectivity index (χ2n) is 22.9. The maximum absolute atomic E-state index is 14.1. The van der Waals surface area contributed by atoms with Crippen molar-refractivity contribution in [2.24, 2.45) is 9.98 Å². The minimum Gasteiger partial charge on any atom is -0.872 e. The molecule has 0 unspecified atom stereocenters. The lowest BCUT2D eigenvalue weighted by molar-refractivity contribution is -0.269. The average Bonchev–Trinajstić information content (AvgIpc) is 1.95. The lowest BCUT2D eigenvalue weighted by atomic mass is 9.90. The van der Waals surface area contributed by atoms with Crippen LogP contribution in [0.25, 0.3) is 22.5 Å². The summed E-state index contributed by atoms with van der Waals surface area (Å²) in [5.41, 5.74) is 15.3. The minimum absolute atomic E-state index is 0.134. The topological polar surface area (TPSA) is 362 Å². The fourth-order valence-electron chi connectivity index (χ4n) is 10.7. The number of nitrogens with one attached hydrogen (secondary N) is 6. The lowest BCUT2D eigenvalue weighted by Gasteiger charge is -2.23. The van der Waals surface area contributed by atoms with E-state index in [9.17, 15) is 39.0 Å². The van der Waals surface area contributed by atoms with Gasteiger partial charge in [0.05, 0.1) is 24.2 Å². The van der Waals surface area contributed by atoms with Gasteiger partial charge in [-0.1, -0.05) is 205 Å². The molecule has 0 bridgehead atoms. The molecular formula is C72H78N16O8. The summed E-state index contributed by atoms with van der Waals surface area (Å²) in [7, 11) is 0. The molecule has 0 aliphatic carbocycles. The third-order valence-corrected chi connectivity index (χ3v) is 15.7. The molecule has 9 aromatic rings. The van der Waals surface area contributed by atoms with Crippen LogP contribution in [0, 0.1) is 0 Å². The van der Waals surface area contributed by atoms with Crippen LogP contribution in [0.2, 0.25) is 0 Å². The number of aliphatic imine (C=N–C) groups is 2. The van der Waals surface area contributed by atoms with Crippen molar-refractivity contribution in [3.63, 3.8) is 0 Å². The van der Waals surface area contributed by atoms with Crippen LogP contribution in [0.5, 0.6) is 11.5 Å². The van der Waals surface area contributed by atoms with Gasteiger partial charge in [0, 0.05) is 63.2 Å². The lowest BCUT2D eigenvalue weighted by Crippen LogP contribution is -2.64. The molecule has 12 N–H and O–H groups in total. The summed E-state index contributed by atoms with van der Waals surface area (Å²) in [4.78, 5) is 89.5. The van der Waals surface area contributed by atoms with E-state index in [1.807, 2.05) is 146 Å². The van der Waals surface area contributed by atoms with E-state index < -0.39 is 23.9 Å². The number of hydrogen-bond donors (Lipinski definition) is 8. The molecule has 6 amide bonds. The molecule has 0 fully saturated rings. The van der Waals surface area contributed by atoms with Crippen LogP contribution in [0.1, 0.15) is 96.6 Å². The van der Waals surface area contributed by atoms with Crippen LogP contribution in [0.3, 0.4) is 0 Å². The fraction of sp³-hybridized carbons (Fsp3) is 0.250. The van der Waals surface area contributed by atoms with E-state index in [4.69, 9.17) is 0 Å². The van der Waals surface area contributed by atoms with Gasteiger partial charge in [0.15, 0.2) is 0 Å². The predicted octanol–water partition coefficient (Wildman–Crippen LogP) is 4.17. The van der Waals surface area contributed by atoms with Gasteiger partial charge in [-0.15, -0.1) is 31.7 Å². The van der Waals surface area contributed by atoms with Crippen LogP contribution < -0.4 is 53.6 Å². The van der Waals surface area contributed by atoms with E-state index in [0.29, 0.717) is 63.3 Å². The molecule has 0 aliphatic rings. The molecule has 2 atom stereocenters. The van der Waals surface area contributed by atoms with Crippen molar-refractivity contribution in [1.29, 1.82) is 0 Å². The Kier molecular flexibility index (Phi) is 25.5. The van der Waals surface area contributed by atoms with Crippen molar-refractivity contribution >= 4 is 47.4 Å². The Bertz CT molecular complexity index is 3700. The maximum Gasteiger partial charge on any atom is 0.300 e. The second-order valence-corrected chi connectivity index (χ2v) is 22.9. The van der Waals surface area contributed by atoms with Crippen LogP contribution in [0.4, 0.5) is 0 Å². The van der Waals surface area contributed by atoms with Crippen LogP contribution in [0.15, 0.2) is 217 Å². The SMILES string of the molecule is [NH3+]C(=NC(=O)CCCn1cc(-c2ccc(-c3cn(CCCC(=O)N=C([NH3+])NCCC[C@@H](NC(=O)C(c4ccccc4)c4ccccc4)C(=O)NCc4ccc([O-])cc4)nn3)cc2)nn1)NCCC[C@@H](NC(=O)C(c1ccccc1)c1ccccc1)C(=O)NCc1ccc([O-])cc1. The van der Waals surface area contributed by atoms with Crippen molar-refractivity contribution in [3.05, 3.63) is 240 Å². The first-order chi connectivity index (χ1) is 46.7. The summed E-state index contributed by atoms with van der Waals surface area (Å²) >= 11 is 0. The van der Waals surface area contributed by atoms with Gasteiger partial charge < -0.3 is 42.1 Å². The number of nitrogens with zero attached hydrogens (tertiary/aromatic N) is 8. The smallest absolute Gasteiger partial charge is 0.300 e. The molecule has 494 valence electrons. The van der Waals surface area contributed by atoms with Gasteiger partial charge in [-0.05, 0) is 71.9 Å². The second kappa shape index (κ2) is 35.5. The van der Waals surface area contributed by atoms with Crippen LogP contribution in [-0.2, 0) is 54.9 Å². The number of quaternary nitrogens is 2. The highest BCUT2D eigenvalue weighted by Gasteiger charge is 2.30. The highest BCUT2D eigenvalue weighted by molar-refractivity contribution is 5.94. The van der Waals surface area contributed by atoms with Gasteiger partial charge in [0.25, 0.3) is 23.7 Å². The van der Waals surface area contributed by atoms with Gasteiger partial charge in [-0.25, -0.2) is 0 Å². The Labute approximate surface area is 555 Å². The number of hydrogen-bond acceptors (Lipinski definition) is 12. The third-order valence-electron chi connectivity index (χ3n) is 15.7. The molecule has 0 saturated carbocycles. The van der Waals surface area contributed by atoms with Crippen molar-refractivity contribution < 1.29 is 50.4 Å². The molecule has 2 aromatic heterocycles. The number of rotatable bonds is 32. The summed E-state index contributed by atoms with van der Waals surface area (Å²) in [6.07, 6.45) is 6.14. The molecule has 0 aliphatic heterocycles. The molecule has 9 rings (SSSR count). The number of guanidine groups is 2. The normalized spacial score (nSPS) is 12.2. The molecule has 24 heteroatoms. The molecular weight excluding hydrogens is 1220 g/mol. The summed E-state index contributed by atoms with van der Waals surface area (Å²) < 4.78 is 3.33. The van der Waals surface area contributed by atoms with E-state index in [0.717, 1.165) is 44.5 Å². The fourth-order valence-corrected chi connectivity index (χ4v) is 10.7. The van der Waals surface area contributed by atoms with Gasteiger partial charge in [-0.2, -0.15) is 0 Å². The molecule has 0 saturated heterocycles. The van der Waals surface area contributed by atoms with Crippen molar-refractivity contribution in [3.8, 4) is 34.0 Å². The summed E-state index contributed by atoms with van der Waals surface area (Å²) in [5.74, 6) is -3.41. The average molecular weight is 1300 g/mol. The first kappa shape index (κ1) is 68.9. The van der Waals surface area contributed by atoms with Gasteiger partial charge in [0.2, 0.25) is 23.6 Å². The molecule has 24 nitrogen and oxygen atoms in total. The Morgan fingerprint density at radius 1 is 0.417 bits per heavy atom. The molecule has 2 heterocycles. The summed E-state index contributed by atoms with van der Waals surface area (Å²) in [5, 5.41) is 58.4. The Morgan fingerprint density at radius 2 is 0.750 bits per heavy atom. The highest BCUT2D eigenvalue weighted by atomic mass is 16.3. The van der Waals surface area contributed by atoms with Crippen molar-refractivity contribution in [2.75, 3.05) is 13.1 Å². The van der Waals surface area contributed by atoms with Crippen molar-refractivity contribution in [1.82, 2.24) is 61.9 Å². The van der Waals surface area contributed by atoms with E-state index in [-0.39, 0.29) is 97.6 Å². The molecule has 96 heavy (non-hydrogen) atoms. The molecule has 0 spiro atoms. The zero-order chi connectivity index (χ0) is 67.4. The number of aromatic nitrogens is 6. The monoisotopic (exact) mass is 1290 g/mol. The van der Waals surface area contributed by atoms with Crippen LogP contribution >= 0.6 is 0 Å². The summed E-state index contributed by atoms with van der Waals surface area (Å²) in [6, 6.07) is 55.6. The molecule has 7 aromatic carbocycles. The van der Waals surface area contributed by atoms with E-state index in [2.05, 4.69) is 74.0 Å². The van der Waals surface area contributed by atoms with Gasteiger partial charge >= 0.3 is 0 Å². The zero-order valence-electron chi connectivity index (χ0n) is 53.1. The third kappa shape index (κ3) is 21.3. The Balaban J connectivity index is 0.682. The quantitative estimate of drug-likeness (QED) is 0.0167. The standard InChI is InChI=1S/C72H78N16O8/c73-71(75-41-13-25-59(67(93)77-45-49-29-37-57(89)38-30-49)79-69(95)65(53-17-5-1-6-18-53)54-19-7-2-8-20-54)81-63(91)27-15-43-87-47-61(83-85-87)51-33-35-52(36-34-51)62-48-88(86-84-62)44-16-28-64(92)82-72(74)76-42-14-26-60(68(94)78-46-50-31-39-58(90)40-32-50)80-70(96)66(55-21-9-3-10-22-55)56-23-11-4-12-24-56/h1-12,17-24,29-40,47-48,59-60,65-66,89-90H,13-16,25-28,41-46H2,(H,77,93)(H,78,94)(H,79,95)(H,80,96)(H3,73,75,81,91)(H3,74,76,82,92)/t59-,60-/m1/s1. The Hall–Kier alpha value is -11.5. The number of carbonyl (C=O) groups excluding carboxylic acids is 6. The number of carbonyl (C=O) groups is 6. The number of aryl methyl sites for hydroxylation is 2. The maximum atomic E-state index is 14.1. The highest BCUT2D eigenvalue weighted by Crippen LogP contribution is 2.28. The first-order valence-corrected chi connectivity index (χ1v) is 31.8. The van der Waals surface area contributed by atoms with Crippen molar-refractivity contribution in [2.45, 2.75) is 101 Å². The molecule has 0 radical (unpaired) electrons. The predicted molar refractivity (Wildman–Crippen MR) is 357 cm³/mol. The first-order valence-electron chi connectivity index (χ1n) is 31.8. The van der Waals surface area contributed by atoms with Gasteiger partial charge in [0.1, 0.15) is 23.5 Å². The van der Waals surface area contributed by atoms with Crippen LogP contribution in [-0.4, -0.2) is 103 Å². The zero-order valence-corrected chi connectivity index (χ0v) is 53.1. The minimum atomic E-state index is -0.900.